The number of amides is 1. The lowest BCUT2D eigenvalue weighted by Crippen LogP contribution is -2.36. The van der Waals surface area contributed by atoms with Gasteiger partial charge < -0.3 is 19.7 Å². The lowest BCUT2D eigenvalue weighted by atomic mass is 10.2. The predicted molar refractivity (Wildman–Crippen MR) is 119 cm³/mol. The van der Waals surface area contributed by atoms with Crippen LogP contribution in [0.25, 0.3) is 4.83 Å². The minimum absolute atomic E-state index is 0.236. The first-order valence-electron chi connectivity index (χ1n) is 10.0. The summed E-state index contributed by atoms with van der Waals surface area (Å²) in [6, 6.07) is 13.5. The van der Waals surface area contributed by atoms with Gasteiger partial charge in [0.05, 0.1) is 18.9 Å². The topological polar surface area (TPSA) is 81.0 Å². The van der Waals surface area contributed by atoms with Crippen molar-refractivity contribution >= 4 is 33.4 Å². The number of hydrogen-bond donors (Lipinski definition) is 1. The van der Waals surface area contributed by atoms with E-state index in [0.29, 0.717) is 17.1 Å². The summed E-state index contributed by atoms with van der Waals surface area (Å²) in [7, 11) is 0. The quantitative estimate of drug-likeness (QED) is 0.500. The number of carbonyl (C=O) groups is 1. The monoisotopic (exact) mass is 435 g/mol. The third-order valence-corrected chi connectivity index (χ3v) is 5.90. The van der Waals surface area contributed by atoms with Crippen LogP contribution in [0.5, 0.6) is 5.88 Å². The van der Waals surface area contributed by atoms with Gasteiger partial charge in [0.2, 0.25) is 5.88 Å². The first-order valence-corrected chi connectivity index (χ1v) is 10.9. The highest BCUT2D eigenvalue weighted by atomic mass is 32.1. The summed E-state index contributed by atoms with van der Waals surface area (Å²) in [4.78, 5) is 20.4. The summed E-state index contributed by atoms with van der Waals surface area (Å²) in [5.41, 5.74) is 3.02. The van der Waals surface area contributed by atoms with Gasteiger partial charge in [0.1, 0.15) is 17.0 Å². The zero-order valence-corrected chi connectivity index (χ0v) is 17.5. The summed E-state index contributed by atoms with van der Waals surface area (Å²) >= 11 is 1.44. The van der Waals surface area contributed by atoms with Crippen molar-refractivity contribution in [3.63, 3.8) is 0 Å². The number of ether oxygens (including phenoxy) is 2. The lowest BCUT2D eigenvalue weighted by molar-refractivity contribution is 0.102. The number of morpholine rings is 1. The fraction of sp³-hybridized carbons (Fsp3) is 0.227. The maximum absolute atomic E-state index is 13.1. The first-order chi connectivity index (χ1) is 15.3. The Labute approximate surface area is 183 Å². The number of aromatic nitrogens is 3. The minimum Gasteiger partial charge on any atom is -0.469 e. The van der Waals surface area contributed by atoms with Crippen LogP contribution in [0.15, 0.2) is 60.2 Å². The highest BCUT2D eigenvalue weighted by Gasteiger charge is 2.23. The van der Waals surface area contributed by atoms with Gasteiger partial charge in [-0.25, -0.2) is 4.52 Å². The molecule has 9 heteroatoms. The van der Waals surface area contributed by atoms with E-state index < -0.39 is 0 Å². The molecule has 0 atom stereocenters. The molecule has 3 aromatic heterocycles. The van der Waals surface area contributed by atoms with E-state index in [9.17, 15) is 4.79 Å². The number of nitrogens with zero attached hydrogens (tertiary/aromatic N) is 4. The Morgan fingerprint density at radius 3 is 2.77 bits per heavy atom. The molecular weight excluding hydrogens is 414 g/mol. The van der Waals surface area contributed by atoms with Gasteiger partial charge in [-0.05, 0) is 36.4 Å². The van der Waals surface area contributed by atoms with Gasteiger partial charge >= 0.3 is 0 Å². The maximum atomic E-state index is 13.1. The molecule has 1 amide bonds. The van der Waals surface area contributed by atoms with Crippen LogP contribution in [0.4, 0.5) is 11.4 Å². The summed E-state index contributed by atoms with van der Waals surface area (Å²) < 4.78 is 12.9. The third kappa shape index (κ3) is 4.23. The molecule has 0 unspecified atom stereocenters. The largest absolute Gasteiger partial charge is 0.469 e. The fourth-order valence-corrected chi connectivity index (χ4v) is 4.27. The molecule has 1 aliphatic heterocycles. The number of thiazole rings is 1. The van der Waals surface area contributed by atoms with E-state index in [2.05, 4.69) is 20.3 Å². The van der Waals surface area contributed by atoms with E-state index >= 15 is 0 Å². The molecule has 1 aliphatic rings. The molecule has 1 saturated heterocycles. The summed E-state index contributed by atoms with van der Waals surface area (Å²) in [5.74, 6) is 0.0348. The Kier molecular flexibility index (Phi) is 5.51. The van der Waals surface area contributed by atoms with Crippen LogP contribution in [0.2, 0.25) is 0 Å². The van der Waals surface area contributed by atoms with Crippen LogP contribution in [0.3, 0.4) is 0 Å². The normalized spacial score (nSPS) is 14.0. The molecule has 4 aromatic rings. The smallest absolute Gasteiger partial charge is 0.264 e. The molecule has 31 heavy (non-hydrogen) atoms. The molecule has 1 aromatic carbocycles. The van der Waals surface area contributed by atoms with E-state index in [1.54, 1.807) is 10.7 Å². The summed E-state index contributed by atoms with van der Waals surface area (Å²) in [6.45, 7) is 3.45. The molecule has 0 aliphatic carbocycles. The van der Waals surface area contributed by atoms with Crippen molar-refractivity contribution in [1.29, 1.82) is 0 Å². The zero-order chi connectivity index (χ0) is 21.0. The summed E-state index contributed by atoms with van der Waals surface area (Å²) in [6.07, 6.45) is 3.51. The second-order valence-electron chi connectivity index (χ2n) is 7.04. The highest BCUT2D eigenvalue weighted by Crippen LogP contribution is 2.28. The fourth-order valence-electron chi connectivity index (χ4n) is 3.46. The van der Waals surface area contributed by atoms with Crippen LogP contribution >= 0.6 is 11.3 Å². The first kappa shape index (κ1) is 19.5. The van der Waals surface area contributed by atoms with E-state index in [0.717, 1.165) is 42.5 Å². The number of anilines is 2. The molecule has 0 saturated carbocycles. The number of pyridine rings is 1. The van der Waals surface area contributed by atoms with E-state index in [1.165, 1.54) is 11.3 Å². The van der Waals surface area contributed by atoms with Crippen molar-refractivity contribution in [3.05, 3.63) is 71.5 Å². The van der Waals surface area contributed by atoms with Crippen LogP contribution in [0.1, 0.15) is 16.1 Å². The van der Waals surface area contributed by atoms with Crippen LogP contribution in [-0.4, -0.2) is 46.8 Å². The van der Waals surface area contributed by atoms with Gasteiger partial charge in [-0.15, -0.1) is 16.4 Å². The van der Waals surface area contributed by atoms with E-state index in [-0.39, 0.29) is 12.5 Å². The second-order valence-corrected chi connectivity index (χ2v) is 7.94. The molecule has 1 fully saturated rings. The average Bonchev–Trinajstić information content (AvgIpc) is 3.40. The lowest BCUT2D eigenvalue weighted by Gasteiger charge is -2.28. The Bertz CT molecular complexity index is 1170. The van der Waals surface area contributed by atoms with Gasteiger partial charge in [-0.3, -0.25) is 9.78 Å². The number of hydrogen-bond acceptors (Lipinski definition) is 7. The maximum Gasteiger partial charge on any atom is 0.264 e. The van der Waals surface area contributed by atoms with Crippen LogP contribution < -0.4 is 15.0 Å². The number of benzene rings is 1. The van der Waals surface area contributed by atoms with Gasteiger partial charge in [-0.1, -0.05) is 6.07 Å². The van der Waals surface area contributed by atoms with Crippen molar-refractivity contribution < 1.29 is 14.3 Å². The highest BCUT2D eigenvalue weighted by molar-refractivity contribution is 7.16. The molecule has 4 heterocycles. The number of fused-ring (bicyclic) bond motifs is 1. The molecule has 1 N–H and O–H groups in total. The Balaban J connectivity index is 1.33. The Morgan fingerprint density at radius 2 is 2.00 bits per heavy atom. The predicted octanol–water partition coefficient (Wildman–Crippen LogP) is 3.46. The standard InChI is InChI=1S/C22H21N5O3S/c28-20(24-16-4-6-18(7-5-16)26-9-12-29-13-10-26)19-21(25-27-11-14-31-22(19)27)30-15-17-3-1-2-8-23-17/h1-8,11,14H,9-10,12-13,15H2,(H,24,28). The van der Waals surface area contributed by atoms with Gasteiger partial charge in [-0.2, -0.15) is 0 Å². The van der Waals surface area contributed by atoms with Crippen LogP contribution in [-0.2, 0) is 11.3 Å². The summed E-state index contributed by atoms with van der Waals surface area (Å²) in [5, 5.41) is 9.28. The number of rotatable bonds is 6. The van der Waals surface area contributed by atoms with Crippen LogP contribution in [0, 0.1) is 0 Å². The molecule has 158 valence electrons. The minimum atomic E-state index is -0.257. The Hall–Kier alpha value is -3.43. The molecular formula is C22H21N5O3S. The van der Waals surface area contributed by atoms with Gasteiger partial charge in [0, 0.05) is 42.2 Å². The SMILES string of the molecule is O=C(Nc1ccc(N2CCOCC2)cc1)c1c(OCc2ccccn2)nn2ccsc12. The van der Waals surface area contributed by atoms with Crippen molar-refractivity contribution in [2.75, 3.05) is 36.5 Å². The molecule has 0 spiro atoms. The van der Waals surface area contributed by atoms with Crippen molar-refractivity contribution in [1.82, 2.24) is 14.6 Å². The molecule has 5 rings (SSSR count). The number of carbonyl (C=O) groups excluding carboxylic acids is 1. The zero-order valence-electron chi connectivity index (χ0n) is 16.7. The molecule has 0 radical (unpaired) electrons. The van der Waals surface area contributed by atoms with E-state index in [1.807, 2.05) is 54.0 Å². The average molecular weight is 436 g/mol. The Morgan fingerprint density at radius 1 is 1.16 bits per heavy atom. The van der Waals surface area contributed by atoms with Gasteiger partial charge in [0.15, 0.2) is 0 Å². The molecule has 0 bridgehead atoms. The van der Waals surface area contributed by atoms with E-state index in [4.69, 9.17) is 9.47 Å². The van der Waals surface area contributed by atoms with Crippen molar-refractivity contribution in [3.8, 4) is 5.88 Å². The van der Waals surface area contributed by atoms with Crippen molar-refractivity contribution in [2.24, 2.45) is 0 Å². The van der Waals surface area contributed by atoms with Crippen molar-refractivity contribution in [2.45, 2.75) is 6.61 Å². The third-order valence-electron chi connectivity index (χ3n) is 5.03. The van der Waals surface area contributed by atoms with Gasteiger partial charge in [0.25, 0.3) is 5.91 Å². The molecule has 8 nitrogen and oxygen atoms in total. The number of nitrogens with one attached hydrogen (secondary N) is 1. The second kappa shape index (κ2) is 8.75.